The van der Waals surface area contributed by atoms with E-state index < -0.39 is 0 Å². The lowest BCUT2D eigenvalue weighted by atomic mass is 9.81. The maximum absolute atomic E-state index is 6.05. The van der Waals surface area contributed by atoms with Crippen LogP contribution in [0.25, 0.3) is 0 Å². The van der Waals surface area contributed by atoms with Crippen molar-refractivity contribution in [2.45, 2.75) is 37.6 Å². The number of nitrogens with zero attached hydrogens (tertiary/aromatic N) is 3. The molecular weight excluding hydrogens is 294 g/mol. The fourth-order valence-corrected chi connectivity index (χ4v) is 3.98. The number of aryl methyl sites for hydroxylation is 1. The Hall–Kier alpha value is -1.66. The third-order valence-corrected chi connectivity index (χ3v) is 5.41. The molecule has 0 spiro atoms. The molecule has 2 saturated heterocycles. The predicted octanol–water partition coefficient (Wildman–Crippen LogP) is 2.25. The number of hydrogen-bond acceptors (Lipinski definition) is 6. The molecule has 0 aromatic carbocycles. The van der Waals surface area contributed by atoms with Crippen molar-refractivity contribution in [2.75, 3.05) is 26.3 Å². The van der Waals surface area contributed by atoms with E-state index in [1.54, 1.807) is 0 Å². The van der Waals surface area contributed by atoms with Crippen LogP contribution in [-0.2, 0) is 16.7 Å². The first kappa shape index (κ1) is 13.7. The first-order valence-corrected chi connectivity index (χ1v) is 8.42. The minimum Gasteiger partial charge on any atom is -0.465 e. The van der Waals surface area contributed by atoms with Crippen LogP contribution in [0.3, 0.4) is 0 Å². The Balaban J connectivity index is 1.39. The van der Waals surface area contributed by atoms with Gasteiger partial charge in [0, 0.05) is 24.9 Å². The molecule has 4 heterocycles. The molecule has 3 fully saturated rings. The molecule has 0 N–H and O–H groups in total. The van der Waals surface area contributed by atoms with E-state index in [0.717, 1.165) is 49.5 Å². The maximum atomic E-state index is 6.05. The summed E-state index contributed by atoms with van der Waals surface area (Å²) in [5, 5.41) is 8.67. The van der Waals surface area contributed by atoms with E-state index >= 15 is 0 Å². The van der Waals surface area contributed by atoms with Gasteiger partial charge in [0.1, 0.15) is 11.5 Å². The average molecular weight is 315 g/mol. The molecule has 0 amide bonds. The number of furan rings is 1. The molecule has 0 unspecified atom stereocenters. The molecule has 3 aliphatic rings. The molecule has 122 valence electrons. The van der Waals surface area contributed by atoms with Crippen LogP contribution in [0.15, 0.2) is 21.0 Å². The van der Waals surface area contributed by atoms with Crippen LogP contribution in [0.5, 0.6) is 0 Å². The monoisotopic (exact) mass is 315 g/mol. The van der Waals surface area contributed by atoms with Crippen molar-refractivity contribution >= 4 is 0 Å². The lowest BCUT2D eigenvalue weighted by Gasteiger charge is -2.22. The Morgan fingerprint density at radius 1 is 1.26 bits per heavy atom. The topological polar surface area (TPSA) is 64.5 Å². The Bertz CT molecular complexity index is 720. The first-order valence-electron chi connectivity index (χ1n) is 8.42. The molecule has 23 heavy (non-hydrogen) atoms. The van der Waals surface area contributed by atoms with Gasteiger partial charge in [0.05, 0.1) is 25.2 Å². The SMILES string of the molecule is Cc1ccc(CN2C[C@@H]3COC[C@]3(c3nnc(C4CC4)o3)C2)o1. The van der Waals surface area contributed by atoms with Gasteiger partial charge in [0.15, 0.2) is 0 Å². The van der Waals surface area contributed by atoms with E-state index in [2.05, 4.69) is 21.2 Å². The second-order valence-electron chi connectivity index (χ2n) is 7.27. The Labute approximate surface area is 134 Å². The van der Waals surface area contributed by atoms with Crippen molar-refractivity contribution in [1.29, 1.82) is 0 Å². The zero-order chi connectivity index (χ0) is 15.4. The van der Waals surface area contributed by atoms with Crippen LogP contribution < -0.4 is 0 Å². The molecule has 5 rings (SSSR count). The van der Waals surface area contributed by atoms with Gasteiger partial charge in [-0.2, -0.15) is 0 Å². The molecule has 2 aromatic rings. The Kier molecular flexibility index (Phi) is 2.94. The van der Waals surface area contributed by atoms with E-state index in [4.69, 9.17) is 13.6 Å². The zero-order valence-electron chi connectivity index (χ0n) is 13.3. The molecule has 1 saturated carbocycles. The summed E-state index contributed by atoms with van der Waals surface area (Å²) < 4.78 is 17.6. The lowest BCUT2D eigenvalue weighted by molar-refractivity contribution is 0.137. The maximum Gasteiger partial charge on any atom is 0.226 e. The molecule has 0 radical (unpaired) electrons. The van der Waals surface area contributed by atoms with E-state index in [9.17, 15) is 0 Å². The molecule has 2 atom stereocenters. The quantitative estimate of drug-likeness (QED) is 0.862. The number of likely N-dealkylation sites (tertiary alicyclic amines) is 1. The van der Waals surface area contributed by atoms with Crippen molar-refractivity contribution < 1.29 is 13.6 Å². The summed E-state index contributed by atoms with van der Waals surface area (Å²) in [4.78, 5) is 2.42. The normalized spacial score (nSPS) is 30.9. The molecule has 2 aliphatic heterocycles. The van der Waals surface area contributed by atoms with Crippen LogP contribution in [0, 0.1) is 12.8 Å². The smallest absolute Gasteiger partial charge is 0.226 e. The summed E-state index contributed by atoms with van der Waals surface area (Å²) in [6.45, 7) is 6.14. The number of rotatable bonds is 4. The second-order valence-corrected chi connectivity index (χ2v) is 7.27. The van der Waals surface area contributed by atoms with Crippen molar-refractivity contribution in [3.8, 4) is 0 Å². The summed E-state index contributed by atoms with van der Waals surface area (Å²) in [7, 11) is 0. The van der Waals surface area contributed by atoms with E-state index in [1.165, 1.54) is 12.8 Å². The van der Waals surface area contributed by atoms with Gasteiger partial charge < -0.3 is 13.6 Å². The van der Waals surface area contributed by atoms with Gasteiger partial charge in [-0.15, -0.1) is 10.2 Å². The van der Waals surface area contributed by atoms with Gasteiger partial charge in [0.25, 0.3) is 0 Å². The largest absolute Gasteiger partial charge is 0.465 e. The first-order chi connectivity index (χ1) is 11.2. The number of hydrogen-bond donors (Lipinski definition) is 0. The summed E-state index contributed by atoms with van der Waals surface area (Å²) in [6, 6.07) is 4.08. The minimum atomic E-state index is -0.137. The summed E-state index contributed by atoms with van der Waals surface area (Å²) in [5.41, 5.74) is -0.137. The predicted molar refractivity (Wildman–Crippen MR) is 81.0 cm³/mol. The number of fused-ring (bicyclic) bond motifs is 1. The highest BCUT2D eigenvalue weighted by Crippen LogP contribution is 2.46. The summed E-state index contributed by atoms with van der Waals surface area (Å²) in [6.07, 6.45) is 2.36. The van der Waals surface area contributed by atoms with Gasteiger partial charge in [0.2, 0.25) is 11.8 Å². The highest BCUT2D eigenvalue weighted by Gasteiger charge is 2.55. The van der Waals surface area contributed by atoms with Gasteiger partial charge in [-0.25, -0.2) is 0 Å². The van der Waals surface area contributed by atoms with Crippen LogP contribution >= 0.6 is 0 Å². The van der Waals surface area contributed by atoms with Crippen LogP contribution in [0.1, 0.15) is 42.1 Å². The average Bonchev–Trinajstić information content (AvgIpc) is 2.90. The highest BCUT2D eigenvalue weighted by atomic mass is 16.5. The van der Waals surface area contributed by atoms with E-state index in [1.807, 2.05) is 13.0 Å². The highest BCUT2D eigenvalue weighted by molar-refractivity contribution is 5.18. The van der Waals surface area contributed by atoms with Crippen LogP contribution in [-0.4, -0.2) is 41.4 Å². The van der Waals surface area contributed by atoms with Gasteiger partial charge in [-0.05, 0) is 31.9 Å². The Morgan fingerprint density at radius 2 is 2.17 bits per heavy atom. The standard InChI is InChI=1S/C17H21N3O3/c1-11-2-5-14(22-11)7-20-6-13-8-21-10-17(13,9-20)16-19-18-15(23-16)12-3-4-12/h2,5,12-13H,3-4,6-10H2,1H3/t13-,17-/m1/s1. The van der Waals surface area contributed by atoms with Crippen LogP contribution in [0.4, 0.5) is 0 Å². The fourth-order valence-electron chi connectivity index (χ4n) is 3.98. The minimum absolute atomic E-state index is 0.137. The molecular formula is C17H21N3O3. The van der Waals surface area contributed by atoms with Gasteiger partial charge in [-0.1, -0.05) is 0 Å². The molecule has 6 heteroatoms. The molecule has 0 bridgehead atoms. The zero-order valence-corrected chi connectivity index (χ0v) is 13.3. The molecule has 6 nitrogen and oxygen atoms in total. The third kappa shape index (κ3) is 2.23. The number of ether oxygens (including phenoxy) is 1. The molecule has 2 aromatic heterocycles. The van der Waals surface area contributed by atoms with Crippen LogP contribution in [0.2, 0.25) is 0 Å². The fraction of sp³-hybridized carbons (Fsp3) is 0.647. The summed E-state index contributed by atoms with van der Waals surface area (Å²) in [5.74, 6) is 4.49. The molecule has 1 aliphatic carbocycles. The van der Waals surface area contributed by atoms with Crippen molar-refractivity contribution in [3.05, 3.63) is 35.4 Å². The van der Waals surface area contributed by atoms with Gasteiger partial charge >= 0.3 is 0 Å². The second kappa shape index (κ2) is 4.92. The van der Waals surface area contributed by atoms with Gasteiger partial charge in [-0.3, -0.25) is 4.90 Å². The van der Waals surface area contributed by atoms with Crippen molar-refractivity contribution in [1.82, 2.24) is 15.1 Å². The Morgan fingerprint density at radius 3 is 2.96 bits per heavy atom. The van der Waals surface area contributed by atoms with E-state index in [0.29, 0.717) is 18.4 Å². The van der Waals surface area contributed by atoms with Crippen molar-refractivity contribution in [2.24, 2.45) is 5.92 Å². The lowest BCUT2D eigenvalue weighted by Crippen LogP contribution is -2.35. The van der Waals surface area contributed by atoms with Crippen molar-refractivity contribution in [3.63, 3.8) is 0 Å². The summed E-state index contributed by atoms with van der Waals surface area (Å²) >= 11 is 0. The number of aromatic nitrogens is 2. The third-order valence-electron chi connectivity index (χ3n) is 5.41. The van der Waals surface area contributed by atoms with E-state index in [-0.39, 0.29) is 5.41 Å².